The quantitative estimate of drug-likeness (QED) is 0.480. The molecule has 0 nitrogen and oxygen atoms in total. The van der Waals surface area contributed by atoms with Crippen molar-refractivity contribution in [1.82, 2.24) is 0 Å². The van der Waals surface area contributed by atoms with E-state index in [4.69, 9.17) is 12.2 Å². The first-order chi connectivity index (χ1) is 3.83. The first-order valence-corrected chi connectivity index (χ1v) is 5.28. The maximum Gasteiger partial charge on any atom is 0.144 e. The topological polar surface area (TPSA) is 0 Å². The number of hydrogen-bond acceptors (Lipinski definition) is 4. The van der Waals surface area contributed by atoms with Crippen LogP contribution in [-0.4, -0.2) is 6.26 Å². The Labute approximate surface area is 65.6 Å². The molecule has 0 spiro atoms. The monoisotopic (exact) mass is 180 g/mol. The van der Waals surface area contributed by atoms with Crippen LogP contribution in [0.25, 0.3) is 0 Å². The molecular formula is C4H4S4. The van der Waals surface area contributed by atoms with Gasteiger partial charge < -0.3 is 0 Å². The van der Waals surface area contributed by atoms with Gasteiger partial charge in [0.25, 0.3) is 0 Å². The Morgan fingerprint density at radius 3 is 2.75 bits per heavy atom. The predicted octanol–water partition coefficient (Wildman–Crippen LogP) is 3.26. The Bertz CT molecular complexity index is 208. The summed E-state index contributed by atoms with van der Waals surface area (Å²) in [5.74, 6) is 0. The van der Waals surface area contributed by atoms with Crippen molar-refractivity contribution in [3.05, 3.63) is 8.52 Å². The average Bonchev–Trinajstić information content (AvgIpc) is 2.14. The molecule has 1 aromatic rings. The summed E-state index contributed by atoms with van der Waals surface area (Å²) in [5.41, 5.74) is 0. The van der Waals surface area contributed by atoms with Crippen molar-refractivity contribution in [2.24, 2.45) is 0 Å². The summed E-state index contributed by atoms with van der Waals surface area (Å²) in [6, 6.07) is 0. The van der Waals surface area contributed by atoms with Crippen LogP contribution in [0.2, 0.25) is 0 Å². The first kappa shape index (κ1) is 6.74. The fraction of sp³-hybridized carbons (Fsp3) is 0.250. The van der Waals surface area contributed by atoms with Gasteiger partial charge in [0.1, 0.15) is 3.14 Å². The lowest BCUT2D eigenvalue weighted by molar-refractivity contribution is 1.84. The van der Waals surface area contributed by atoms with Crippen LogP contribution in [-0.2, 0) is 0 Å². The number of rotatable bonds is 1. The molecule has 0 unspecified atom stereocenters. The van der Waals surface area contributed by atoms with Crippen LogP contribution in [0.15, 0.2) is 9.59 Å². The molecule has 44 valence electrons. The molecule has 0 aliphatic carbocycles. The summed E-state index contributed by atoms with van der Waals surface area (Å²) in [5, 5.41) is 2.09. The highest BCUT2D eigenvalue weighted by molar-refractivity contribution is 8.00. The van der Waals surface area contributed by atoms with Crippen LogP contribution in [0, 0.1) is 3.14 Å². The highest BCUT2D eigenvalue weighted by Gasteiger charge is 1.88. The van der Waals surface area contributed by atoms with E-state index in [0.717, 1.165) is 3.14 Å². The second-order valence-electron chi connectivity index (χ2n) is 1.11. The Morgan fingerprint density at radius 2 is 2.50 bits per heavy atom. The van der Waals surface area contributed by atoms with E-state index in [1.807, 2.05) is 0 Å². The highest BCUT2D eigenvalue weighted by atomic mass is 32.2. The third kappa shape index (κ3) is 1.55. The van der Waals surface area contributed by atoms with Crippen molar-refractivity contribution in [3.8, 4) is 0 Å². The van der Waals surface area contributed by atoms with E-state index in [9.17, 15) is 0 Å². The number of thioether (sulfide) groups is 1. The third-order valence-corrected chi connectivity index (χ3v) is 4.31. The summed E-state index contributed by atoms with van der Waals surface area (Å²) >= 11 is 10.0. The first-order valence-electron chi connectivity index (χ1n) is 1.95. The van der Waals surface area contributed by atoms with Gasteiger partial charge in [-0.15, -0.1) is 34.4 Å². The van der Waals surface area contributed by atoms with E-state index in [0.29, 0.717) is 0 Å². The molecule has 0 saturated heterocycles. The van der Waals surface area contributed by atoms with Crippen molar-refractivity contribution >= 4 is 46.7 Å². The van der Waals surface area contributed by atoms with Crippen LogP contribution in [0.4, 0.5) is 0 Å². The van der Waals surface area contributed by atoms with Gasteiger partial charge >= 0.3 is 0 Å². The second kappa shape index (κ2) is 2.96. The molecule has 1 heterocycles. The Balaban J connectivity index is 3.01. The normalized spacial score (nSPS) is 9.62. The lowest BCUT2D eigenvalue weighted by atomic mass is 11.1. The zero-order valence-electron chi connectivity index (χ0n) is 4.21. The maximum atomic E-state index is 4.92. The summed E-state index contributed by atoms with van der Waals surface area (Å²) in [6.07, 6.45) is 2.06. The Kier molecular flexibility index (Phi) is 2.49. The number of hydrogen-bond donors (Lipinski definition) is 0. The smallest absolute Gasteiger partial charge is 0.120 e. The van der Waals surface area contributed by atoms with Crippen LogP contribution in [0.3, 0.4) is 0 Å². The van der Waals surface area contributed by atoms with Crippen LogP contribution in [0.1, 0.15) is 0 Å². The van der Waals surface area contributed by atoms with E-state index in [-0.39, 0.29) is 0 Å². The SMILES string of the molecule is CSc1csc(=S)s1. The summed E-state index contributed by atoms with van der Waals surface area (Å²) in [4.78, 5) is 0. The van der Waals surface area contributed by atoms with Crippen molar-refractivity contribution in [2.45, 2.75) is 4.21 Å². The molecule has 1 aromatic heterocycles. The van der Waals surface area contributed by atoms with Crippen molar-refractivity contribution in [3.63, 3.8) is 0 Å². The van der Waals surface area contributed by atoms with Gasteiger partial charge in [-0.2, -0.15) is 0 Å². The molecule has 0 fully saturated rings. The van der Waals surface area contributed by atoms with Crippen LogP contribution in [0.5, 0.6) is 0 Å². The van der Waals surface area contributed by atoms with E-state index in [2.05, 4.69) is 11.6 Å². The average molecular weight is 180 g/mol. The van der Waals surface area contributed by atoms with E-state index in [1.165, 1.54) is 4.21 Å². The molecule has 0 radical (unpaired) electrons. The van der Waals surface area contributed by atoms with Crippen molar-refractivity contribution < 1.29 is 0 Å². The molecule has 0 aliphatic heterocycles. The minimum Gasteiger partial charge on any atom is -0.120 e. The van der Waals surface area contributed by atoms with Gasteiger partial charge in [0, 0.05) is 5.38 Å². The van der Waals surface area contributed by atoms with E-state index >= 15 is 0 Å². The molecule has 0 N–H and O–H groups in total. The van der Waals surface area contributed by atoms with Gasteiger partial charge in [-0.3, -0.25) is 0 Å². The van der Waals surface area contributed by atoms with E-state index in [1.54, 1.807) is 34.4 Å². The minimum atomic E-state index is 1.02. The molecule has 0 aromatic carbocycles. The molecule has 0 bridgehead atoms. The summed E-state index contributed by atoms with van der Waals surface area (Å²) < 4.78 is 2.34. The fourth-order valence-electron chi connectivity index (χ4n) is 0.316. The summed E-state index contributed by atoms with van der Waals surface area (Å²) in [7, 11) is 0. The van der Waals surface area contributed by atoms with Gasteiger partial charge in [0.2, 0.25) is 0 Å². The lowest BCUT2D eigenvalue weighted by Crippen LogP contribution is -1.45. The molecule has 0 atom stereocenters. The third-order valence-electron chi connectivity index (χ3n) is 0.636. The van der Waals surface area contributed by atoms with Gasteiger partial charge in [-0.05, 0) is 6.26 Å². The molecule has 1 rings (SSSR count). The zero-order valence-corrected chi connectivity index (χ0v) is 7.48. The minimum absolute atomic E-state index is 1.02. The maximum absolute atomic E-state index is 4.92. The van der Waals surface area contributed by atoms with Crippen molar-refractivity contribution in [1.29, 1.82) is 0 Å². The van der Waals surface area contributed by atoms with Crippen LogP contribution >= 0.6 is 46.7 Å². The van der Waals surface area contributed by atoms with Gasteiger partial charge in [-0.25, -0.2) is 0 Å². The Morgan fingerprint density at radius 1 is 1.75 bits per heavy atom. The standard InChI is InChI=1S/C4H4S4/c1-6-3-2-7-4(5)8-3/h2H,1H3. The summed E-state index contributed by atoms with van der Waals surface area (Å²) in [6.45, 7) is 0. The van der Waals surface area contributed by atoms with Crippen molar-refractivity contribution in [2.75, 3.05) is 6.26 Å². The molecule has 0 saturated carbocycles. The van der Waals surface area contributed by atoms with Gasteiger partial charge in [-0.1, -0.05) is 12.2 Å². The molecule has 4 heteroatoms. The van der Waals surface area contributed by atoms with E-state index < -0.39 is 0 Å². The lowest BCUT2D eigenvalue weighted by Gasteiger charge is -1.77. The van der Waals surface area contributed by atoms with Gasteiger partial charge in [0.15, 0.2) is 0 Å². The van der Waals surface area contributed by atoms with Gasteiger partial charge in [0.05, 0.1) is 4.21 Å². The molecule has 8 heavy (non-hydrogen) atoms. The fourth-order valence-corrected chi connectivity index (χ4v) is 3.46. The highest BCUT2D eigenvalue weighted by Crippen LogP contribution is 2.25. The van der Waals surface area contributed by atoms with Crippen LogP contribution < -0.4 is 0 Å². The second-order valence-corrected chi connectivity index (χ2v) is 5.33. The Hall–Kier alpha value is 0.620. The molecule has 0 amide bonds. The zero-order chi connectivity index (χ0) is 5.98. The predicted molar refractivity (Wildman–Crippen MR) is 44.8 cm³/mol. The largest absolute Gasteiger partial charge is 0.144 e. The molecular weight excluding hydrogens is 176 g/mol. The molecule has 0 aliphatic rings.